The zero-order valence-corrected chi connectivity index (χ0v) is 19.5. The third kappa shape index (κ3) is 5.48. The van der Waals surface area contributed by atoms with Gasteiger partial charge >= 0.3 is 0 Å². The first kappa shape index (κ1) is 22.7. The van der Waals surface area contributed by atoms with Crippen molar-refractivity contribution >= 4 is 11.8 Å². The van der Waals surface area contributed by atoms with Crippen LogP contribution in [-0.4, -0.2) is 45.0 Å². The third-order valence-corrected chi connectivity index (χ3v) is 6.22. The lowest BCUT2D eigenvalue weighted by Crippen LogP contribution is -2.43. The van der Waals surface area contributed by atoms with Crippen molar-refractivity contribution < 1.29 is 9.59 Å². The molecule has 1 aliphatic heterocycles. The number of hydrogen-bond acceptors (Lipinski definition) is 4. The van der Waals surface area contributed by atoms with Crippen LogP contribution in [0.4, 0.5) is 0 Å². The Bertz CT molecular complexity index is 1090. The van der Waals surface area contributed by atoms with E-state index in [9.17, 15) is 9.59 Å². The molecule has 7 nitrogen and oxygen atoms in total. The Hall–Kier alpha value is -3.48. The Morgan fingerprint density at radius 3 is 2.36 bits per heavy atom. The average Bonchev–Trinajstić information content (AvgIpc) is 3.33. The minimum absolute atomic E-state index is 0.0588. The van der Waals surface area contributed by atoms with Crippen LogP contribution in [0, 0.1) is 5.92 Å². The van der Waals surface area contributed by atoms with Gasteiger partial charge in [-0.05, 0) is 47.6 Å². The number of aromatic nitrogens is 3. The number of aromatic amines is 1. The summed E-state index contributed by atoms with van der Waals surface area (Å²) in [6.45, 7) is 8.20. The molecule has 0 unspecified atom stereocenters. The van der Waals surface area contributed by atoms with Gasteiger partial charge in [-0.15, -0.1) is 0 Å². The molecule has 2 amide bonds. The molecule has 1 saturated heterocycles. The highest BCUT2D eigenvalue weighted by atomic mass is 16.2. The molecular weight excluding hydrogens is 414 g/mol. The van der Waals surface area contributed by atoms with Crippen molar-refractivity contribution in [3.8, 4) is 11.3 Å². The number of hydrogen-bond donors (Lipinski definition) is 2. The molecule has 1 aromatic carbocycles. The molecule has 0 aliphatic carbocycles. The van der Waals surface area contributed by atoms with E-state index < -0.39 is 0 Å². The number of carbonyl (C=O) groups excluding carboxylic acids is 2. The lowest BCUT2D eigenvalue weighted by molar-refractivity contribution is -0.126. The zero-order chi connectivity index (χ0) is 23.4. The van der Waals surface area contributed by atoms with E-state index in [-0.39, 0.29) is 23.1 Å². The van der Waals surface area contributed by atoms with Gasteiger partial charge in [0.25, 0.3) is 5.91 Å². The number of nitrogens with one attached hydrogen (secondary N) is 2. The van der Waals surface area contributed by atoms with Crippen LogP contribution in [0.25, 0.3) is 11.3 Å². The molecule has 0 bridgehead atoms. The summed E-state index contributed by atoms with van der Waals surface area (Å²) in [7, 11) is 0. The van der Waals surface area contributed by atoms with Gasteiger partial charge < -0.3 is 10.2 Å². The van der Waals surface area contributed by atoms with Gasteiger partial charge in [-0.2, -0.15) is 5.10 Å². The van der Waals surface area contributed by atoms with Crippen molar-refractivity contribution in [2.75, 3.05) is 13.1 Å². The molecule has 33 heavy (non-hydrogen) atoms. The number of rotatable bonds is 5. The molecular formula is C26H31N5O2. The van der Waals surface area contributed by atoms with Crippen LogP contribution in [0.2, 0.25) is 0 Å². The molecule has 3 aromatic rings. The lowest BCUT2D eigenvalue weighted by Gasteiger charge is -2.31. The minimum atomic E-state index is -0.0828. The second-order valence-corrected chi connectivity index (χ2v) is 9.63. The summed E-state index contributed by atoms with van der Waals surface area (Å²) in [6, 6.07) is 13.9. The van der Waals surface area contributed by atoms with Crippen LogP contribution >= 0.6 is 0 Å². The summed E-state index contributed by atoms with van der Waals surface area (Å²) in [5, 5.41) is 10.2. The number of pyridine rings is 1. The van der Waals surface area contributed by atoms with E-state index in [1.54, 1.807) is 23.4 Å². The summed E-state index contributed by atoms with van der Waals surface area (Å²) in [4.78, 5) is 31.3. The molecule has 2 aromatic heterocycles. The Morgan fingerprint density at radius 2 is 1.73 bits per heavy atom. The first-order chi connectivity index (χ1) is 15.8. The Balaban J connectivity index is 1.26. The predicted octanol–water partition coefficient (Wildman–Crippen LogP) is 3.94. The smallest absolute Gasteiger partial charge is 0.271 e. The Labute approximate surface area is 194 Å². The van der Waals surface area contributed by atoms with Crippen molar-refractivity contribution in [3.05, 3.63) is 71.7 Å². The molecule has 1 fully saturated rings. The van der Waals surface area contributed by atoms with Crippen molar-refractivity contribution in [3.63, 3.8) is 0 Å². The van der Waals surface area contributed by atoms with Crippen LogP contribution in [0.15, 0.2) is 54.9 Å². The summed E-state index contributed by atoms with van der Waals surface area (Å²) >= 11 is 0. The van der Waals surface area contributed by atoms with Crippen LogP contribution in [0.3, 0.4) is 0 Å². The van der Waals surface area contributed by atoms with E-state index in [4.69, 9.17) is 0 Å². The van der Waals surface area contributed by atoms with Crippen LogP contribution in [-0.2, 0) is 16.8 Å². The van der Waals surface area contributed by atoms with Gasteiger partial charge in [0, 0.05) is 43.5 Å². The molecule has 0 spiro atoms. The second-order valence-electron chi connectivity index (χ2n) is 9.63. The average molecular weight is 446 g/mol. The fraction of sp³-hybridized carbons (Fsp3) is 0.385. The van der Waals surface area contributed by atoms with E-state index in [2.05, 4.69) is 65.5 Å². The molecule has 0 saturated carbocycles. The number of likely N-dealkylation sites (tertiary alicyclic amines) is 1. The van der Waals surface area contributed by atoms with Gasteiger partial charge in [0.1, 0.15) is 5.69 Å². The van der Waals surface area contributed by atoms with E-state index in [0.717, 1.165) is 11.1 Å². The van der Waals surface area contributed by atoms with E-state index in [1.165, 1.54) is 5.56 Å². The van der Waals surface area contributed by atoms with Crippen molar-refractivity contribution in [2.45, 2.75) is 45.6 Å². The van der Waals surface area contributed by atoms with Gasteiger partial charge in [0.2, 0.25) is 5.91 Å². The van der Waals surface area contributed by atoms with E-state index in [0.29, 0.717) is 43.9 Å². The highest BCUT2D eigenvalue weighted by Crippen LogP contribution is 2.23. The second kappa shape index (κ2) is 9.57. The quantitative estimate of drug-likeness (QED) is 0.622. The van der Waals surface area contributed by atoms with Gasteiger partial charge in [-0.1, -0.05) is 45.0 Å². The molecule has 2 N–H and O–H groups in total. The molecule has 4 rings (SSSR count). The maximum absolute atomic E-state index is 12.9. The molecule has 172 valence electrons. The fourth-order valence-corrected chi connectivity index (χ4v) is 4.07. The number of H-pyrrole nitrogens is 1. The van der Waals surface area contributed by atoms with Gasteiger partial charge in [0.15, 0.2) is 0 Å². The molecule has 3 heterocycles. The molecule has 0 radical (unpaired) electrons. The summed E-state index contributed by atoms with van der Waals surface area (Å²) in [5.74, 6) is -0.0962. The number of piperidine rings is 1. The van der Waals surface area contributed by atoms with Crippen LogP contribution in [0.1, 0.15) is 55.2 Å². The maximum Gasteiger partial charge on any atom is 0.271 e. The molecule has 7 heteroatoms. The van der Waals surface area contributed by atoms with Gasteiger partial charge in [-0.25, -0.2) is 0 Å². The number of carbonyl (C=O) groups is 2. The molecule has 1 aliphatic rings. The topological polar surface area (TPSA) is 91.0 Å². The zero-order valence-electron chi connectivity index (χ0n) is 19.5. The first-order valence-corrected chi connectivity index (χ1v) is 11.4. The van der Waals surface area contributed by atoms with Crippen molar-refractivity contribution in [1.82, 2.24) is 25.4 Å². The summed E-state index contributed by atoms with van der Waals surface area (Å²) in [5.41, 5.74) is 4.56. The van der Waals surface area contributed by atoms with Crippen LogP contribution < -0.4 is 5.32 Å². The number of benzene rings is 1. The van der Waals surface area contributed by atoms with Crippen molar-refractivity contribution in [1.29, 1.82) is 0 Å². The fourth-order valence-electron chi connectivity index (χ4n) is 4.07. The summed E-state index contributed by atoms with van der Waals surface area (Å²) < 4.78 is 0. The normalized spacial score (nSPS) is 14.8. The predicted molar refractivity (Wildman–Crippen MR) is 127 cm³/mol. The SMILES string of the molecule is CC(C)(C)c1ccc(CNC(=O)C2CCN(C(=O)c3cc(-c4ccncc4)n[nH]3)CC2)cc1. The maximum atomic E-state index is 12.9. The van der Waals surface area contributed by atoms with Gasteiger partial charge in [-0.3, -0.25) is 19.7 Å². The monoisotopic (exact) mass is 445 g/mol. The van der Waals surface area contributed by atoms with Crippen molar-refractivity contribution in [2.24, 2.45) is 5.92 Å². The number of amides is 2. The van der Waals surface area contributed by atoms with Crippen LogP contribution in [0.5, 0.6) is 0 Å². The van der Waals surface area contributed by atoms with Gasteiger partial charge in [0.05, 0.1) is 5.69 Å². The lowest BCUT2D eigenvalue weighted by atomic mass is 9.87. The highest BCUT2D eigenvalue weighted by molar-refractivity contribution is 5.93. The standard InChI is InChI=1S/C26H31N5O2/c1-26(2,3)21-6-4-18(5-7-21)17-28-24(32)20-10-14-31(15-11-20)25(33)23-16-22(29-30-23)19-8-12-27-13-9-19/h4-9,12-13,16,20H,10-11,14-15,17H2,1-3H3,(H,28,32)(H,29,30). The summed E-state index contributed by atoms with van der Waals surface area (Å²) in [6.07, 6.45) is 4.71. The number of nitrogens with zero attached hydrogens (tertiary/aromatic N) is 3. The Kier molecular flexibility index (Phi) is 6.58. The minimum Gasteiger partial charge on any atom is -0.352 e. The van der Waals surface area contributed by atoms with E-state index >= 15 is 0 Å². The molecule has 0 atom stereocenters. The third-order valence-electron chi connectivity index (χ3n) is 6.22. The largest absolute Gasteiger partial charge is 0.352 e. The van der Waals surface area contributed by atoms with E-state index in [1.807, 2.05) is 12.1 Å². The Morgan fingerprint density at radius 1 is 1.06 bits per heavy atom. The first-order valence-electron chi connectivity index (χ1n) is 11.4. The highest BCUT2D eigenvalue weighted by Gasteiger charge is 2.28.